The van der Waals surface area contributed by atoms with E-state index in [4.69, 9.17) is 4.74 Å². The molecule has 1 aliphatic heterocycles. The van der Waals surface area contributed by atoms with Gasteiger partial charge in [-0.25, -0.2) is 0 Å². The van der Waals surface area contributed by atoms with Crippen molar-refractivity contribution in [1.82, 2.24) is 0 Å². The van der Waals surface area contributed by atoms with Gasteiger partial charge in [0.25, 0.3) is 5.91 Å². The molecule has 1 aliphatic rings. The van der Waals surface area contributed by atoms with Crippen molar-refractivity contribution < 1.29 is 14.3 Å². The number of para-hydroxylation sites is 1. The fraction of sp³-hybridized carbons (Fsp3) is 0.429. The lowest BCUT2D eigenvalue weighted by atomic mass is 10.1. The van der Waals surface area contributed by atoms with Gasteiger partial charge in [0.15, 0.2) is 5.78 Å². The van der Waals surface area contributed by atoms with Crippen LogP contribution in [0.1, 0.15) is 30.1 Å². The Hall–Kier alpha value is -1.68. The Balaban J connectivity index is 2.28. The van der Waals surface area contributed by atoms with Gasteiger partial charge in [0.2, 0.25) is 0 Å². The highest BCUT2D eigenvalue weighted by Gasteiger charge is 2.24. The summed E-state index contributed by atoms with van der Waals surface area (Å²) in [5, 5.41) is 0. The summed E-state index contributed by atoms with van der Waals surface area (Å²) in [7, 11) is 0. The zero-order valence-electron chi connectivity index (χ0n) is 10.5. The number of Topliss-reactive ketones (excluding diaryl/α,β-unsaturated/α-hetero) is 1. The van der Waals surface area contributed by atoms with Gasteiger partial charge in [-0.3, -0.25) is 9.59 Å². The summed E-state index contributed by atoms with van der Waals surface area (Å²) < 4.78 is 5.16. The maximum atomic E-state index is 12.1. The molecule has 0 fully saturated rings. The van der Waals surface area contributed by atoms with Crippen molar-refractivity contribution >= 4 is 17.4 Å². The summed E-state index contributed by atoms with van der Waals surface area (Å²) in [5.41, 5.74) is 1.35. The summed E-state index contributed by atoms with van der Waals surface area (Å²) in [4.78, 5) is 25.6. The van der Waals surface area contributed by atoms with Crippen molar-refractivity contribution in [1.29, 1.82) is 0 Å². The van der Waals surface area contributed by atoms with E-state index < -0.39 is 0 Å². The smallest absolute Gasteiger partial charge is 0.252 e. The fourth-order valence-electron chi connectivity index (χ4n) is 2.12. The van der Waals surface area contributed by atoms with Gasteiger partial charge in [0, 0.05) is 25.1 Å². The monoisotopic (exact) mass is 247 g/mol. The van der Waals surface area contributed by atoms with Gasteiger partial charge in [-0.1, -0.05) is 12.1 Å². The van der Waals surface area contributed by atoms with Gasteiger partial charge in [0.05, 0.1) is 5.69 Å². The number of amides is 1. The first-order chi connectivity index (χ1) is 8.74. The van der Waals surface area contributed by atoms with Crippen molar-refractivity contribution in [2.45, 2.75) is 19.8 Å². The van der Waals surface area contributed by atoms with Crippen molar-refractivity contribution in [2.75, 3.05) is 24.7 Å². The standard InChI is InChI=1S/C14H17NO3/c1-2-18-10-14(17)15-9-5-8-13(16)11-6-3-4-7-12(11)15/h3-4,6-7H,2,5,8-10H2,1H3. The van der Waals surface area contributed by atoms with Crippen LogP contribution in [-0.2, 0) is 9.53 Å². The lowest BCUT2D eigenvalue weighted by molar-refractivity contribution is -0.122. The van der Waals surface area contributed by atoms with Crippen LogP contribution >= 0.6 is 0 Å². The summed E-state index contributed by atoms with van der Waals surface area (Å²) in [6.45, 7) is 3.01. The van der Waals surface area contributed by atoms with E-state index in [0.29, 0.717) is 37.2 Å². The van der Waals surface area contributed by atoms with E-state index in [1.807, 2.05) is 25.1 Å². The summed E-state index contributed by atoms with van der Waals surface area (Å²) in [6.07, 6.45) is 1.20. The number of benzene rings is 1. The Morgan fingerprint density at radius 3 is 2.94 bits per heavy atom. The second-order valence-corrected chi connectivity index (χ2v) is 4.23. The molecule has 0 saturated heterocycles. The van der Waals surface area contributed by atoms with E-state index in [1.54, 1.807) is 11.0 Å². The molecule has 96 valence electrons. The number of carbonyl (C=O) groups is 2. The molecular formula is C14H17NO3. The summed E-state index contributed by atoms with van der Waals surface area (Å²) in [6, 6.07) is 7.28. The van der Waals surface area contributed by atoms with Crippen molar-refractivity contribution in [2.24, 2.45) is 0 Å². The first-order valence-electron chi connectivity index (χ1n) is 6.24. The third kappa shape index (κ3) is 2.59. The molecule has 4 heteroatoms. The Bertz CT molecular complexity index is 456. The van der Waals surface area contributed by atoms with Gasteiger partial charge >= 0.3 is 0 Å². The SMILES string of the molecule is CCOCC(=O)N1CCCC(=O)c2ccccc21. The fourth-order valence-corrected chi connectivity index (χ4v) is 2.12. The van der Waals surface area contributed by atoms with Gasteiger partial charge in [-0.15, -0.1) is 0 Å². The van der Waals surface area contributed by atoms with Gasteiger partial charge in [0.1, 0.15) is 6.61 Å². The van der Waals surface area contributed by atoms with Gasteiger partial charge < -0.3 is 9.64 Å². The number of hydrogen-bond acceptors (Lipinski definition) is 3. The van der Waals surface area contributed by atoms with Crippen LogP contribution in [0.25, 0.3) is 0 Å². The molecule has 1 aromatic carbocycles. The van der Waals surface area contributed by atoms with E-state index in [9.17, 15) is 9.59 Å². The molecule has 0 radical (unpaired) electrons. The number of ether oxygens (including phenoxy) is 1. The molecule has 18 heavy (non-hydrogen) atoms. The van der Waals surface area contributed by atoms with Crippen LogP contribution in [0.2, 0.25) is 0 Å². The summed E-state index contributed by atoms with van der Waals surface area (Å²) >= 11 is 0. The molecule has 0 atom stereocenters. The van der Waals surface area contributed by atoms with Crippen LogP contribution in [0.4, 0.5) is 5.69 Å². The normalized spacial score (nSPS) is 15.2. The molecule has 0 aromatic heterocycles. The molecule has 1 amide bonds. The van der Waals surface area contributed by atoms with E-state index in [1.165, 1.54) is 0 Å². The van der Waals surface area contributed by atoms with Crippen LogP contribution in [-0.4, -0.2) is 31.4 Å². The first-order valence-corrected chi connectivity index (χ1v) is 6.24. The average Bonchev–Trinajstić information content (AvgIpc) is 2.56. The number of nitrogens with zero attached hydrogens (tertiary/aromatic N) is 1. The quantitative estimate of drug-likeness (QED) is 0.821. The lowest BCUT2D eigenvalue weighted by Gasteiger charge is -2.22. The number of hydrogen-bond donors (Lipinski definition) is 0. The second kappa shape index (κ2) is 5.78. The number of ketones is 1. The Labute approximate surface area is 107 Å². The first kappa shape index (κ1) is 12.8. The maximum absolute atomic E-state index is 12.1. The predicted octanol–water partition coefficient (Wildman–Crippen LogP) is 2.03. The molecule has 4 nitrogen and oxygen atoms in total. The van der Waals surface area contributed by atoms with Crippen LogP contribution in [0.15, 0.2) is 24.3 Å². The highest BCUT2D eigenvalue weighted by atomic mass is 16.5. The van der Waals surface area contributed by atoms with Crippen LogP contribution in [0.5, 0.6) is 0 Å². The highest BCUT2D eigenvalue weighted by Crippen LogP contribution is 2.26. The van der Waals surface area contributed by atoms with Gasteiger partial charge in [-0.05, 0) is 25.5 Å². The van der Waals surface area contributed by atoms with Crippen molar-refractivity contribution in [3.05, 3.63) is 29.8 Å². The lowest BCUT2D eigenvalue weighted by Crippen LogP contribution is -2.34. The largest absolute Gasteiger partial charge is 0.372 e. The molecular weight excluding hydrogens is 230 g/mol. The van der Waals surface area contributed by atoms with Crippen molar-refractivity contribution in [3.8, 4) is 0 Å². The molecule has 0 spiro atoms. The molecule has 0 aliphatic carbocycles. The molecule has 1 heterocycles. The molecule has 1 aromatic rings. The van der Waals surface area contributed by atoms with E-state index >= 15 is 0 Å². The topological polar surface area (TPSA) is 46.6 Å². The number of anilines is 1. The molecule has 2 rings (SSSR count). The number of rotatable bonds is 3. The highest BCUT2D eigenvalue weighted by molar-refractivity contribution is 6.06. The minimum Gasteiger partial charge on any atom is -0.372 e. The zero-order chi connectivity index (χ0) is 13.0. The van der Waals surface area contributed by atoms with E-state index in [2.05, 4.69) is 0 Å². The number of fused-ring (bicyclic) bond motifs is 1. The Morgan fingerprint density at radius 1 is 1.39 bits per heavy atom. The van der Waals surface area contributed by atoms with Crippen LogP contribution in [0.3, 0.4) is 0 Å². The Morgan fingerprint density at radius 2 is 2.17 bits per heavy atom. The third-order valence-electron chi connectivity index (χ3n) is 3.01. The average molecular weight is 247 g/mol. The molecule has 0 unspecified atom stereocenters. The molecule has 0 N–H and O–H groups in total. The Kier molecular flexibility index (Phi) is 4.10. The van der Waals surface area contributed by atoms with Crippen LogP contribution < -0.4 is 4.90 Å². The molecule has 0 saturated carbocycles. The second-order valence-electron chi connectivity index (χ2n) is 4.23. The molecule has 0 bridgehead atoms. The minimum atomic E-state index is -0.0843. The maximum Gasteiger partial charge on any atom is 0.252 e. The summed E-state index contributed by atoms with van der Waals surface area (Å²) in [5.74, 6) is 0.0244. The van der Waals surface area contributed by atoms with Crippen LogP contribution in [0, 0.1) is 0 Å². The number of carbonyl (C=O) groups excluding carboxylic acids is 2. The third-order valence-corrected chi connectivity index (χ3v) is 3.01. The predicted molar refractivity (Wildman–Crippen MR) is 68.9 cm³/mol. The zero-order valence-corrected chi connectivity index (χ0v) is 10.5. The van der Waals surface area contributed by atoms with E-state index in [0.717, 1.165) is 0 Å². The van der Waals surface area contributed by atoms with Crippen molar-refractivity contribution in [3.63, 3.8) is 0 Å². The minimum absolute atomic E-state index is 0.0685. The van der Waals surface area contributed by atoms with Gasteiger partial charge in [-0.2, -0.15) is 0 Å². The van der Waals surface area contributed by atoms with E-state index in [-0.39, 0.29) is 18.3 Å².